The maximum absolute atomic E-state index is 12.2. The second-order valence-electron chi connectivity index (χ2n) is 4.94. The van der Waals surface area contributed by atoms with Crippen LogP contribution >= 0.6 is 0 Å². The van der Waals surface area contributed by atoms with E-state index in [0.717, 1.165) is 19.5 Å². The van der Waals surface area contributed by atoms with Gasteiger partial charge in [0.1, 0.15) is 0 Å². The third kappa shape index (κ3) is 2.70. The average molecular weight is 246 g/mol. The molecule has 1 saturated heterocycles. The molecule has 1 aromatic rings. The number of benzene rings is 1. The molecular formula is C14H18N2O2. The van der Waals surface area contributed by atoms with Crippen LogP contribution < -0.4 is 5.73 Å². The van der Waals surface area contributed by atoms with Crippen molar-refractivity contribution in [1.29, 1.82) is 0 Å². The molecule has 0 spiro atoms. The van der Waals surface area contributed by atoms with Gasteiger partial charge >= 0.3 is 0 Å². The number of nitrogens with two attached hydrogens (primary N) is 1. The Bertz CT molecular complexity index is 453. The van der Waals surface area contributed by atoms with Crippen molar-refractivity contribution in [2.75, 3.05) is 13.1 Å². The van der Waals surface area contributed by atoms with Gasteiger partial charge in [-0.25, -0.2) is 0 Å². The van der Waals surface area contributed by atoms with Crippen LogP contribution in [0.15, 0.2) is 24.3 Å². The molecule has 1 heterocycles. The summed E-state index contributed by atoms with van der Waals surface area (Å²) >= 11 is 0. The van der Waals surface area contributed by atoms with Crippen molar-refractivity contribution in [1.82, 2.24) is 4.90 Å². The summed E-state index contributed by atoms with van der Waals surface area (Å²) in [6, 6.07) is 6.54. The summed E-state index contributed by atoms with van der Waals surface area (Å²) in [6.07, 6.45) is 2.25. The maximum Gasteiger partial charge on any atom is 0.253 e. The molecular weight excluding hydrogens is 228 g/mol. The Kier molecular flexibility index (Phi) is 3.65. The molecule has 1 aromatic carbocycles. The summed E-state index contributed by atoms with van der Waals surface area (Å²) < 4.78 is 0. The van der Waals surface area contributed by atoms with Gasteiger partial charge in [0.2, 0.25) is 5.91 Å². The molecule has 1 aliphatic rings. The van der Waals surface area contributed by atoms with Crippen LogP contribution in [-0.4, -0.2) is 29.8 Å². The zero-order valence-corrected chi connectivity index (χ0v) is 10.6. The molecule has 0 aromatic heterocycles. The van der Waals surface area contributed by atoms with Crippen LogP contribution in [0.2, 0.25) is 0 Å². The lowest BCUT2D eigenvalue weighted by Crippen LogP contribution is -2.39. The molecule has 1 fully saturated rings. The van der Waals surface area contributed by atoms with E-state index in [2.05, 4.69) is 6.92 Å². The minimum Gasteiger partial charge on any atom is -0.366 e. The molecule has 0 radical (unpaired) electrons. The van der Waals surface area contributed by atoms with Crippen molar-refractivity contribution in [3.05, 3.63) is 35.4 Å². The first kappa shape index (κ1) is 12.6. The number of rotatable bonds is 2. The van der Waals surface area contributed by atoms with Gasteiger partial charge in [0.05, 0.1) is 0 Å². The van der Waals surface area contributed by atoms with Crippen LogP contribution in [0.25, 0.3) is 0 Å². The highest BCUT2D eigenvalue weighted by atomic mass is 16.2. The zero-order chi connectivity index (χ0) is 13.1. The molecule has 1 unspecified atom stereocenters. The van der Waals surface area contributed by atoms with Crippen LogP contribution in [0.3, 0.4) is 0 Å². The third-order valence-corrected chi connectivity index (χ3v) is 3.36. The molecule has 0 saturated carbocycles. The first-order valence-electron chi connectivity index (χ1n) is 6.27. The Labute approximate surface area is 107 Å². The second-order valence-corrected chi connectivity index (χ2v) is 4.94. The lowest BCUT2D eigenvalue weighted by molar-refractivity contribution is 0.0682. The van der Waals surface area contributed by atoms with Crippen molar-refractivity contribution in [2.45, 2.75) is 19.8 Å². The van der Waals surface area contributed by atoms with Gasteiger partial charge in [-0.1, -0.05) is 6.92 Å². The van der Waals surface area contributed by atoms with Crippen LogP contribution in [0, 0.1) is 5.92 Å². The van der Waals surface area contributed by atoms with E-state index in [1.54, 1.807) is 24.3 Å². The molecule has 0 bridgehead atoms. The fourth-order valence-electron chi connectivity index (χ4n) is 2.33. The number of piperidine rings is 1. The largest absolute Gasteiger partial charge is 0.366 e. The monoisotopic (exact) mass is 246 g/mol. The number of likely N-dealkylation sites (tertiary alicyclic amines) is 1. The third-order valence-electron chi connectivity index (χ3n) is 3.36. The summed E-state index contributed by atoms with van der Waals surface area (Å²) in [5.74, 6) is 0.130. The summed E-state index contributed by atoms with van der Waals surface area (Å²) in [7, 11) is 0. The van der Waals surface area contributed by atoms with Gasteiger partial charge in [-0.15, -0.1) is 0 Å². The van der Waals surface area contributed by atoms with Crippen molar-refractivity contribution in [3.8, 4) is 0 Å². The predicted octanol–water partition coefficient (Wildman–Crippen LogP) is 1.66. The molecule has 1 atom stereocenters. The Hall–Kier alpha value is -1.84. The second kappa shape index (κ2) is 5.21. The lowest BCUT2D eigenvalue weighted by Gasteiger charge is -2.31. The first-order valence-corrected chi connectivity index (χ1v) is 6.27. The molecule has 0 aliphatic carbocycles. The van der Waals surface area contributed by atoms with Crippen LogP contribution in [0.5, 0.6) is 0 Å². The molecule has 1 aliphatic heterocycles. The number of primary amides is 1. The van der Waals surface area contributed by atoms with E-state index in [-0.39, 0.29) is 5.91 Å². The van der Waals surface area contributed by atoms with Crippen molar-refractivity contribution in [3.63, 3.8) is 0 Å². The minimum atomic E-state index is -0.472. The number of carbonyl (C=O) groups excluding carboxylic acids is 2. The summed E-state index contributed by atoms with van der Waals surface area (Å²) in [5, 5.41) is 0. The van der Waals surface area contributed by atoms with Gasteiger partial charge in [0, 0.05) is 24.2 Å². The molecule has 96 valence electrons. The number of hydrogen-bond acceptors (Lipinski definition) is 2. The highest BCUT2D eigenvalue weighted by molar-refractivity contribution is 5.97. The Morgan fingerprint density at radius 3 is 2.39 bits per heavy atom. The van der Waals surface area contributed by atoms with Crippen molar-refractivity contribution >= 4 is 11.8 Å². The summed E-state index contributed by atoms with van der Waals surface area (Å²) in [6.45, 7) is 3.80. The van der Waals surface area contributed by atoms with Crippen molar-refractivity contribution in [2.24, 2.45) is 11.7 Å². The fraction of sp³-hybridized carbons (Fsp3) is 0.429. The maximum atomic E-state index is 12.2. The zero-order valence-electron chi connectivity index (χ0n) is 10.6. The van der Waals surface area contributed by atoms with E-state index in [9.17, 15) is 9.59 Å². The van der Waals surface area contributed by atoms with Crippen LogP contribution in [0.4, 0.5) is 0 Å². The fourth-order valence-corrected chi connectivity index (χ4v) is 2.33. The molecule has 2 N–H and O–H groups in total. The van der Waals surface area contributed by atoms with Gasteiger partial charge in [-0.05, 0) is 43.0 Å². The lowest BCUT2D eigenvalue weighted by atomic mass is 9.99. The van der Waals surface area contributed by atoms with Crippen LogP contribution in [0.1, 0.15) is 40.5 Å². The van der Waals surface area contributed by atoms with Crippen LogP contribution in [-0.2, 0) is 0 Å². The van der Waals surface area contributed by atoms with Gasteiger partial charge in [-0.3, -0.25) is 9.59 Å². The smallest absolute Gasteiger partial charge is 0.253 e. The number of nitrogens with zero attached hydrogens (tertiary/aromatic N) is 1. The van der Waals surface area contributed by atoms with Gasteiger partial charge in [0.25, 0.3) is 5.91 Å². The van der Waals surface area contributed by atoms with Gasteiger partial charge < -0.3 is 10.6 Å². The predicted molar refractivity (Wildman–Crippen MR) is 69.3 cm³/mol. The van der Waals surface area contributed by atoms with Gasteiger partial charge in [0.15, 0.2) is 0 Å². The molecule has 2 rings (SSSR count). The molecule has 2 amide bonds. The number of amides is 2. The average Bonchev–Trinajstić information content (AvgIpc) is 2.38. The quantitative estimate of drug-likeness (QED) is 0.862. The molecule has 4 heteroatoms. The van der Waals surface area contributed by atoms with E-state index in [1.807, 2.05) is 4.90 Å². The highest BCUT2D eigenvalue weighted by Gasteiger charge is 2.21. The SMILES string of the molecule is CC1CCCN(C(=O)c2ccc(C(N)=O)cc2)C1. The summed E-state index contributed by atoms with van der Waals surface area (Å²) in [4.78, 5) is 25.1. The molecule has 18 heavy (non-hydrogen) atoms. The Morgan fingerprint density at radius 2 is 1.83 bits per heavy atom. The van der Waals surface area contributed by atoms with E-state index >= 15 is 0 Å². The number of carbonyl (C=O) groups is 2. The van der Waals surface area contributed by atoms with E-state index in [0.29, 0.717) is 17.0 Å². The highest BCUT2D eigenvalue weighted by Crippen LogP contribution is 2.18. The van der Waals surface area contributed by atoms with Gasteiger partial charge in [-0.2, -0.15) is 0 Å². The molecule has 4 nitrogen and oxygen atoms in total. The summed E-state index contributed by atoms with van der Waals surface area (Å²) in [5.41, 5.74) is 6.22. The first-order chi connectivity index (χ1) is 8.58. The standard InChI is InChI=1S/C14H18N2O2/c1-10-3-2-8-16(9-10)14(18)12-6-4-11(5-7-12)13(15)17/h4-7,10H,2-3,8-9H2,1H3,(H2,15,17). The topological polar surface area (TPSA) is 63.4 Å². The Balaban J connectivity index is 2.10. The van der Waals surface area contributed by atoms with E-state index in [4.69, 9.17) is 5.73 Å². The number of hydrogen-bond donors (Lipinski definition) is 1. The van der Waals surface area contributed by atoms with E-state index < -0.39 is 5.91 Å². The van der Waals surface area contributed by atoms with E-state index in [1.165, 1.54) is 6.42 Å². The Morgan fingerprint density at radius 1 is 1.22 bits per heavy atom. The van der Waals surface area contributed by atoms with Crippen molar-refractivity contribution < 1.29 is 9.59 Å². The minimum absolute atomic E-state index is 0.0394. The normalized spacial score (nSPS) is 19.6.